The van der Waals surface area contributed by atoms with Gasteiger partial charge in [0.05, 0.1) is 0 Å². The fourth-order valence-corrected chi connectivity index (χ4v) is 1.37. The van der Waals surface area contributed by atoms with Gasteiger partial charge in [0.25, 0.3) is 5.91 Å². The summed E-state index contributed by atoms with van der Waals surface area (Å²) in [6.07, 6.45) is 3.01. The van der Waals surface area contributed by atoms with E-state index < -0.39 is 5.97 Å². The number of aliphatic carboxylic acids is 1. The van der Waals surface area contributed by atoms with Crippen molar-refractivity contribution in [2.24, 2.45) is 0 Å². The zero-order valence-corrected chi connectivity index (χ0v) is 7.92. The van der Waals surface area contributed by atoms with E-state index in [-0.39, 0.29) is 24.2 Å². The largest absolute Gasteiger partial charge is 0.480 e. The van der Waals surface area contributed by atoms with Gasteiger partial charge in [-0.25, -0.2) is 0 Å². The van der Waals surface area contributed by atoms with E-state index in [4.69, 9.17) is 5.11 Å². The van der Waals surface area contributed by atoms with Gasteiger partial charge in [-0.05, 0) is 12.8 Å². The zero-order chi connectivity index (χ0) is 10.8. The third kappa shape index (κ3) is 2.15. The van der Waals surface area contributed by atoms with Gasteiger partial charge in [-0.1, -0.05) is 5.16 Å². The number of carbonyl (C=O) groups is 2. The maximum absolute atomic E-state index is 11.8. The Morgan fingerprint density at radius 2 is 2.33 bits per heavy atom. The van der Waals surface area contributed by atoms with E-state index in [2.05, 4.69) is 9.68 Å². The highest BCUT2D eigenvalue weighted by Crippen LogP contribution is 2.27. The molecule has 80 valence electrons. The van der Waals surface area contributed by atoms with Gasteiger partial charge in [-0.15, -0.1) is 0 Å². The van der Waals surface area contributed by atoms with E-state index in [1.165, 1.54) is 17.2 Å². The predicted molar refractivity (Wildman–Crippen MR) is 48.2 cm³/mol. The lowest BCUT2D eigenvalue weighted by atomic mass is 10.3. The summed E-state index contributed by atoms with van der Waals surface area (Å²) in [7, 11) is 0. The molecule has 6 nitrogen and oxygen atoms in total. The van der Waals surface area contributed by atoms with E-state index in [0.717, 1.165) is 12.8 Å². The molecule has 15 heavy (non-hydrogen) atoms. The average Bonchev–Trinajstić information content (AvgIpc) is 2.88. The van der Waals surface area contributed by atoms with E-state index in [1.807, 2.05) is 0 Å². The monoisotopic (exact) mass is 210 g/mol. The van der Waals surface area contributed by atoms with Crippen LogP contribution in [0.2, 0.25) is 0 Å². The maximum atomic E-state index is 11.8. The smallest absolute Gasteiger partial charge is 0.323 e. The number of carboxylic acid groups (broad SMARTS) is 1. The van der Waals surface area contributed by atoms with Crippen molar-refractivity contribution in [2.45, 2.75) is 18.9 Å². The standard InChI is InChI=1S/C9H10N2O4/c12-8(13)5-11(6-1-2-6)9(14)7-3-4-15-10-7/h3-4,6H,1-2,5H2,(H,12,13). The fraction of sp³-hybridized carbons (Fsp3) is 0.444. The van der Waals surface area contributed by atoms with E-state index in [1.54, 1.807) is 0 Å². The molecule has 0 bridgehead atoms. The number of nitrogens with zero attached hydrogens (tertiary/aromatic N) is 2. The molecule has 2 rings (SSSR count). The highest BCUT2D eigenvalue weighted by molar-refractivity contribution is 5.94. The lowest BCUT2D eigenvalue weighted by Gasteiger charge is -2.18. The second kappa shape index (κ2) is 3.72. The zero-order valence-electron chi connectivity index (χ0n) is 7.92. The summed E-state index contributed by atoms with van der Waals surface area (Å²) >= 11 is 0. The van der Waals surface area contributed by atoms with Gasteiger partial charge in [0, 0.05) is 12.1 Å². The molecule has 0 radical (unpaired) electrons. The van der Waals surface area contributed by atoms with Gasteiger partial charge >= 0.3 is 5.97 Å². The van der Waals surface area contributed by atoms with E-state index in [0.29, 0.717) is 0 Å². The lowest BCUT2D eigenvalue weighted by molar-refractivity contribution is -0.137. The third-order valence-corrected chi connectivity index (χ3v) is 2.21. The minimum Gasteiger partial charge on any atom is -0.480 e. The van der Waals surface area contributed by atoms with Gasteiger partial charge in [0.15, 0.2) is 5.69 Å². The number of amides is 1. The first-order valence-electron chi connectivity index (χ1n) is 4.61. The first-order chi connectivity index (χ1) is 7.18. The minimum absolute atomic E-state index is 0.0466. The Kier molecular flexibility index (Phi) is 2.40. The van der Waals surface area contributed by atoms with Crippen LogP contribution in [0.5, 0.6) is 0 Å². The summed E-state index contributed by atoms with van der Waals surface area (Å²) in [5, 5.41) is 12.2. The van der Waals surface area contributed by atoms with Gasteiger partial charge in [0.1, 0.15) is 12.8 Å². The van der Waals surface area contributed by atoms with Gasteiger partial charge in [-0.3, -0.25) is 9.59 Å². The number of hydrogen-bond donors (Lipinski definition) is 1. The molecule has 1 fully saturated rings. The van der Waals surface area contributed by atoms with Gasteiger partial charge < -0.3 is 14.5 Å². The molecule has 6 heteroatoms. The Hall–Kier alpha value is -1.85. The highest BCUT2D eigenvalue weighted by atomic mass is 16.5. The second-order valence-electron chi connectivity index (χ2n) is 3.44. The molecule has 0 spiro atoms. The molecule has 1 saturated carbocycles. The highest BCUT2D eigenvalue weighted by Gasteiger charge is 2.35. The Morgan fingerprint density at radius 1 is 1.60 bits per heavy atom. The molecule has 1 N–H and O–H groups in total. The van der Waals surface area contributed by atoms with Crippen LogP contribution in [-0.2, 0) is 4.79 Å². The predicted octanol–water partition coefficient (Wildman–Crippen LogP) is 0.364. The number of aromatic nitrogens is 1. The summed E-state index contributed by atoms with van der Waals surface area (Å²) < 4.78 is 4.55. The Balaban J connectivity index is 2.10. The van der Waals surface area contributed by atoms with Crippen molar-refractivity contribution >= 4 is 11.9 Å². The number of hydrogen-bond acceptors (Lipinski definition) is 4. The lowest BCUT2D eigenvalue weighted by Crippen LogP contribution is -2.37. The molecular formula is C9H10N2O4. The SMILES string of the molecule is O=C(O)CN(C(=O)c1ccon1)C1CC1. The summed E-state index contributed by atoms with van der Waals surface area (Å²) in [6, 6.07) is 1.48. The second-order valence-corrected chi connectivity index (χ2v) is 3.44. The normalized spacial score (nSPS) is 14.9. The first kappa shape index (κ1) is 9.70. The van der Waals surface area contributed by atoms with Crippen molar-refractivity contribution < 1.29 is 19.2 Å². The summed E-state index contributed by atoms with van der Waals surface area (Å²) in [6.45, 7) is -0.281. The molecule has 0 aromatic carbocycles. The van der Waals surface area contributed by atoms with Crippen LogP contribution in [0.15, 0.2) is 16.9 Å². The molecule has 0 unspecified atom stereocenters. The van der Waals surface area contributed by atoms with E-state index >= 15 is 0 Å². The molecule has 1 aliphatic rings. The minimum atomic E-state index is -1.02. The Labute approximate surface area is 85.5 Å². The number of rotatable bonds is 4. The van der Waals surface area contributed by atoms with Gasteiger partial charge in [-0.2, -0.15) is 0 Å². The molecule has 1 aliphatic carbocycles. The summed E-state index contributed by atoms with van der Waals surface area (Å²) in [5.74, 6) is -1.40. The van der Waals surface area contributed by atoms with Crippen LogP contribution in [0.4, 0.5) is 0 Å². The van der Waals surface area contributed by atoms with Crippen molar-refractivity contribution in [1.82, 2.24) is 10.1 Å². The van der Waals surface area contributed by atoms with Crippen LogP contribution in [0.25, 0.3) is 0 Å². The molecule has 0 aliphatic heterocycles. The molecule has 1 amide bonds. The first-order valence-corrected chi connectivity index (χ1v) is 4.61. The van der Waals surface area contributed by atoms with Crippen molar-refractivity contribution in [2.75, 3.05) is 6.54 Å². The van der Waals surface area contributed by atoms with Crippen LogP contribution in [0.3, 0.4) is 0 Å². The summed E-state index contributed by atoms with van der Waals surface area (Å²) in [4.78, 5) is 23.7. The fourth-order valence-electron chi connectivity index (χ4n) is 1.37. The molecular weight excluding hydrogens is 200 g/mol. The van der Waals surface area contributed by atoms with Gasteiger partial charge in [0.2, 0.25) is 0 Å². The van der Waals surface area contributed by atoms with Crippen LogP contribution < -0.4 is 0 Å². The van der Waals surface area contributed by atoms with Crippen LogP contribution in [0.1, 0.15) is 23.3 Å². The quantitative estimate of drug-likeness (QED) is 0.775. The molecule has 1 heterocycles. The summed E-state index contributed by atoms with van der Waals surface area (Å²) in [5.41, 5.74) is 0.156. The van der Waals surface area contributed by atoms with Crippen LogP contribution in [-0.4, -0.2) is 39.6 Å². The van der Waals surface area contributed by atoms with Crippen molar-refractivity contribution in [3.05, 3.63) is 18.0 Å². The average molecular weight is 210 g/mol. The molecule has 0 atom stereocenters. The van der Waals surface area contributed by atoms with E-state index in [9.17, 15) is 9.59 Å². The number of carboxylic acids is 1. The topological polar surface area (TPSA) is 83.6 Å². The van der Waals surface area contributed by atoms with Crippen LogP contribution >= 0.6 is 0 Å². The van der Waals surface area contributed by atoms with Crippen molar-refractivity contribution in [3.63, 3.8) is 0 Å². The third-order valence-electron chi connectivity index (χ3n) is 2.21. The molecule has 1 aromatic rings. The maximum Gasteiger partial charge on any atom is 0.323 e. The van der Waals surface area contributed by atoms with Crippen molar-refractivity contribution in [3.8, 4) is 0 Å². The Bertz CT molecular complexity index is 369. The van der Waals surface area contributed by atoms with Crippen molar-refractivity contribution in [1.29, 1.82) is 0 Å². The molecule has 1 aromatic heterocycles. The molecule has 0 saturated heterocycles. The Morgan fingerprint density at radius 3 is 2.80 bits per heavy atom. The van der Waals surface area contributed by atoms with Crippen LogP contribution in [0, 0.1) is 0 Å². The number of carbonyl (C=O) groups excluding carboxylic acids is 1.